The summed E-state index contributed by atoms with van der Waals surface area (Å²) >= 11 is 1.87. The van der Waals surface area contributed by atoms with Crippen molar-refractivity contribution >= 4 is 17.3 Å². The highest BCUT2D eigenvalue weighted by Gasteiger charge is 2.42. The van der Waals surface area contributed by atoms with Crippen LogP contribution in [0.1, 0.15) is 36.5 Å². The molecule has 0 N–H and O–H groups in total. The zero-order valence-corrected chi connectivity index (χ0v) is 15.9. The molecule has 25 heavy (non-hydrogen) atoms. The van der Waals surface area contributed by atoms with E-state index in [2.05, 4.69) is 50.1 Å². The van der Waals surface area contributed by atoms with Crippen LogP contribution in [0.2, 0.25) is 0 Å². The number of benzene rings is 2. The molecule has 1 unspecified atom stereocenters. The molecular formula is C22H24FNS. The molecule has 0 saturated carbocycles. The first-order chi connectivity index (χ1) is 12.0. The summed E-state index contributed by atoms with van der Waals surface area (Å²) < 4.78 is 13.8. The number of likely N-dealkylation sites (tertiary alicyclic amines) is 1. The Morgan fingerprint density at radius 2 is 1.84 bits per heavy atom. The van der Waals surface area contributed by atoms with Crippen LogP contribution < -0.4 is 0 Å². The summed E-state index contributed by atoms with van der Waals surface area (Å²) in [5, 5.41) is 0. The van der Waals surface area contributed by atoms with E-state index in [1.54, 1.807) is 11.6 Å². The van der Waals surface area contributed by atoms with Crippen molar-refractivity contribution < 1.29 is 4.39 Å². The largest absolute Gasteiger partial charge is 0.306 e. The highest BCUT2D eigenvalue weighted by atomic mass is 32.2. The van der Waals surface area contributed by atoms with Crippen molar-refractivity contribution in [1.82, 2.24) is 4.90 Å². The lowest BCUT2D eigenvalue weighted by atomic mass is 9.81. The van der Waals surface area contributed by atoms with Crippen LogP contribution in [0.4, 0.5) is 4.39 Å². The Bertz CT molecular complexity index is 847. The number of piperidine rings is 1. The number of thioether (sulfide) groups is 1. The van der Waals surface area contributed by atoms with Crippen LogP contribution >= 0.6 is 11.8 Å². The van der Waals surface area contributed by atoms with Gasteiger partial charge in [0, 0.05) is 18.0 Å². The molecule has 2 aromatic carbocycles. The van der Waals surface area contributed by atoms with E-state index in [9.17, 15) is 4.39 Å². The SMILES string of the molecule is Cc1ccc2c(c1)C(=C1CCN(C)CC1)C(C)(c1cccc(F)c1)S2. The molecule has 0 radical (unpaired) electrons. The molecule has 0 amide bonds. The predicted molar refractivity (Wildman–Crippen MR) is 104 cm³/mol. The summed E-state index contributed by atoms with van der Waals surface area (Å²) in [4.78, 5) is 3.71. The first kappa shape index (κ1) is 16.9. The zero-order chi connectivity index (χ0) is 17.6. The third-order valence-electron chi connectivity index (χ3n) is 5.52. The van der Waals surface area contributed by atoms with Gasteiger partial charge in [-0.1, -0.05) is 35.4 Å². The van der Waals surface area contributed by atoms with Crippen LogP contribution in [0.3, 0.4) is 0 Å². The molecule has 2 heterocycles. The Labute approximate surface area is 153 Å². The zero-order valence-electron chi connectivity index (χ0n) is 15.1. The van der Waals surface area contributed by atoms with Gasteiger partial charge < -0.3 is 4.90 Å². The van der Waals surface area contributed by atoms with Crippen molar-refractivity contribution in [2.45, 2.75) is 36.3 Å². The van der Waals surface area contributed by atoms with Crippen molar-refractivity contribution in [3.8, 4) is 0 Å². The number of halogens is 1. The van der Waals surface area contributed by atoms with Crippen molar-refractivity contribution in [2.75, 3.05) is 20.1 Å². The highest BCUT2D eigenvalue weighted by molar-refractivity contribution is 8.01. The lowest BCUT2D eigenvalue weighted by Gasteiger charge is -2.32. The third-order valence-corrected chi connectivity index (χ3v) is 6.94. The molecule has 2 aliphatic heterocycles. The number of fused-ring (bicyclic) bond motifs is 1. The first-order valence-corrected chi connectivity index (χ1v) is 9.76. The summed E-state index contributed by atoms with van der Waals surface area (Å²) in [6.07, 6.45) is 2.20. The molecule has 2 aromatic rings. The third kappa shape index (κ3) is 2.94. The van der Waals surface area contributed by atoms with E-state index in [0.29, 0.717) is 0 Å². The van der Waals surface area contributed by atoms with E-state index in [1.165, 1.54) is 27.7 Å². The van der Waals surface area contributed by atoms with Crippen molar-refractivity contribution in [3.63, 3.8) is 0 Å². The Hall–Kier alpha value is -1.58. The van der Waals surface area contributed by atoms with Crippen molar-refractivity contribution in [1.29, 1.82) is 0 Å². The minimum atomic E-state index is -0.219. The molecular weight excluding hydrogens is 329 g/mol. The Morgan fingerprint density at radius 3 is 2.56 bits per heavy atom. The molecule has 1 nitrogen and oxygen atoms in total. The van der Waals surface area contributed by atoms with Crippen LogP contribution in [-0.4, -0.2) is 25.0 Å². The van der Waals surface area contributed by atoms with Gasteiger partial charge in [-0.05, 0) is 68.6 Å². The van der Waals surface area contributed by atoms with E-state index >= 15 is 0 Å². The van der Waals surface area contributed by atoms with Gasteiger partial charge >= 0.3 is 0 Å². The van der Waals surface area contributed by atoms with E-state index in [1.807, 2.05) is 17.8 Å². The smallest absolute Gasteiger partial charge is 0.123 e. The fourth-order valence-electron chi connectivity index (χ4n) is 4.11. The van der Waals surface area contributed by atoms with E-state index in [0.717, 1.165) is 31.5 Å². The number of nitrogens with zero attached hydrogens (tertiary/aromatic N) is 1. The average molecular weight is 354 g/mol. The molecule has 1 fully saturated rings. The maximum atomic E-state index is 14.0. The van der Waals surface area contributed by atoms with Gasteiger partial charge in [0.15, 0.2) is 0 Å². The van der Waals surface area contributed by atoms with Crippen LogP contribution in [0.15, 0.2) is 52.9 Å². The fourth-order valence-corrected chi connectivity index (χ4v) is 5.56. The summed E-state index contributed by atoms with van der Waals surface area (Å²) in [6, 6.07) is 13.9. The van der Waals surface area contributed by atoms with Crippen molar-refractivity contribution in [2.24, 2.45) is 0 Å². The summed E-state index contributed by atoms with van der Waals surface area (Å²) in [6.45, 7) is 6.62. The number of hydrogen-bond acceptors (Lipinski definition) is 2. The number of hydrogen-bond donors (Lipinski definition) is 0. The normalized spacial score (nSPS) is 23.8. The van der Waals surface area contributed by atoms with Crippen molar-refractivity contribution in [3.05, 3.63) is 70.5 Å². The van der Waals surface area contributed by atoms with Gasteiger partial charge in [-0.25, -0.2) is 4.39 Å². The Balaban J connectivity index is 1.91. The molecule has 0 spiro atoms. The van der Waals surface area contributed by atoms with Gasteiger partial charge in [-0.3, -0.25) is 0 Å². The highest BCUT2D eigenvalue weighted by Crippen LogP contribution is 2.60. The molecule has 0 aliphatic carbocycles. The van der Waals surface area contributed by atoms with Gasteiger partial charge in [0.2, 0.25) is 0 Å². The van der Waals surface area contributed by atoms with Crippen LogP contribution in [0.5, 0.6) is 0 Å². The van der Waals surface area contributed by atoms with Gasteiger partial charge in [-0.2, -0.15) is 0 Å². The van der Waals surface area contributed by atoms with Gasteiger partial charge in [0.1, 0.15) is 5.82 Å². The van der Waals surface area contributed by atoms with Crippen LogP contribution in [-0.2, 0) is 4.75 Å². The summed E-state index contributed by atoms with van der Waals surface area (Å²) in [7, 11) is 2.19. The standard InChI is InChI=1S/C22H24FNS/c1-15-7-8-20-19(13-15)21(16-9-11-24(3)12-10-16)22(2,25-20)17-5-4-6-18(23)14-17/h4-8,13-14H,9-12H2,1-3H3. The van der Waals surface area contributed by atoms with Gasteiger partial charge in [0.25, 0.3) is 0 Å². The van der Waals surface area contributed by atoms with Crippen LogP contribution in [0, 0.1) is 12.7 Å². The van der Waals surface area contributed by atoms with Crippen LogP contribution in [0.25, 0.3) is 5.57 Å². The molecule has 3 heteroatoms. The molecule has 1 saturated heterocycles. The minimum absolute atomic E-state index is 0.154. The molecule has 4 rings (SSSR count). The number of aryl methyl sites for hydroxylation is 1. The second-order valence-electron chi connectivity index (χ2n) is 7.43. The van der Waals surface area contributed by atoms with E-state index in [4.69, 9.17) is 0 Å². The molecule has 130 valence electrons. The number of rotatable bonds is 1. The lowest BCUT2D eigenvalue weighted by Crippen LogP contribution is -2.28. The second-order valence-corrected chi connectivity index (χ2v) is 8.89. The predicted octanol–water partition coefficient (Wildman–Crippen LogP) is 5.63. The lowest BCUT2D eigenvalue weighted by molar-refractivity contribution is 0.312. The first-order valence-electron chi connectivity index (χ1n) is 8.94. The van der Waals surface area contributed by atoms with E-state index < -0.39 is 0 Å². The molecule has 0 bridgehead atoms. The molecule has 0 aromatic heterocycles. The maximum absolute atomic E-state index is 14.0. The second kappa shape index (κ2) is 6.30. The molecule has 1 atom stereocenters. The average Bonchev–Trinajstić information content (AvgIpc) is 2.88. The topological polar surface area (TPSA) is 3.24 Å². The maximum Gasteiger partial charge on any atom is 0.123 e. The summed E-state index contributed by atoms with van der Waals surface area (Å²) in [5.41, 5.74) is 6.68. The minimum Gasteiger partial charge on any atom is -0.306 e. The van der Waals surface area contributed by atoms with Gasteiger partial charge in [0.05, 0.1) is 4.75 Å². The van der Waals surface area contributed by atoms with Gasteiger partial charge in [-0.15, -0.1) is 11.8 Å². The Kier molecular flexibility index (Phi) is 4.25. The summed E-state index contributed by atoms with van der Waals surface area (Å²) in [5.74, 6) is -0.154. The monoisotopic (exact) mass is 353 g/mol. The molecule has 2 aliphatic rings. The Morgan fingerprint density at radius 1 is 1.08 bits per heavy atom. The quantitative estimate of drug-likeness (QED) is 0.653. The fraction of sp³-hybridized carbons (Fsp3) is 0.364. The van der Waals surface area contributed by atoms with E-state index in [-0.39, 0.29) is 10.6 Å².